The van der Waals surface area contributed by atoms with E-state index in [4.69, 9.17) is 4.74 Å². The lowest BCUT2D eigenvalue weighted by molar-refractivity contribution is -0.167. The van der Waals surface area contributed by atoms with Gasteiger partial charge in [-0.2, -0.15) is 5.06 Å². The first-order valence-corrected chi connectivity index (χ1v) is 8.02. The van der Waals surface area contributed by atoms with Crippen LogP contribution < -0.4 is 4.74 Å². The Kier molecular flexibility index (Phi) is 5.00. The van der Waals surface area contributed by atoms with E-state index >= 15 is 0 Å². The van der Waals surface area contributed by atoms with Crippen LogP contribution in [0.2, 0.25) is 0 Å². The normalized spacial score (nSPS) is 18.7. The van der Waals surface area contributed by atoms with E-state index in [2.05, 4.69) is 9.99 Å². The number of fused-ring (bicyclic) bond motifs is 1. The standard InChI is InChI=1S/C19H16N2O6/c1-26-20-12-11-19(21(25)17(23)13-7-3-2-4-8-13)16(22)14-9-5-6-10-15(14)27-18(19)24/h2-10,12,25H,11H2,1H3. The third-order valence-electron chi connectivity index (χ3n) is 4.19. The molecule has 1 amide bonds. The van der Waals surface area contributed by atoms with Gasteiger partial charge in [0.15, 0.2) is 0 Å². The predicted octanol–water partition coefficient (Wildman–Crippen LogP) is 2.08. The van der Waals surface area contributed by atoms with Crippen LogP contribution in [0.1, 0.15) is 27.1 Å². The minimum absolute atomic E-state index is 0.0624. The van der Waals surface area contributed by atoms with Crippen LogP contribution in [-0.2, 0) is 9.63 Å². The number of benzene rings is 2. The van der Waals surface area contributed by atoms with E-state index in [1.165, 1.54) is 31.4 Å². The number of para-hydroxylation sites is 1. The zero-order valence-corrected chi connectivity index (χ0v) is 14.4. The molecule has 0 bridgehead atoms. The number of amides is 1. The molecular formula is C19H16N2O6. The summed E-state index contributed by atoms with van der Waals surface area (Å²) in [5.41, 5.74) is -2.14. The summed E-state index contributed by atoms with van der Waals surface area (Å²) in [4.78, 5) is 43.2. The molecule has 1 aliphatic rings. The molecule has 0 fully saturated rings. The van der Waals surface area contributed by atoms with Gasteiger partial charge in [0.2, 0.25) is 11.3 Å². The van der Waals surface area contributed by atoms with E-state index in [-0.39, 0.29) is 21.9 Å². The van der Waals surface area contributed by atoms with Crippen LogP contribution in [0.15, 0.2) is 59.8 Å². The molecule has 27 heavy (non-hydrogen) atoms. The first-order valence-electron chi connectivity index (χ1n) is 8.02. The molecule has 8 heteroatoms. The summed E-state index contributed by atoms with van der Waals surface area (Å²) in [7, 11) is 1.28. The van der Waals surface area contributed by atoms with E-state index in [0.717, 1.165) is 6.21 Å². The first kappa shape index (κ1) is 18.3. The zero-order chi connectivity index (χ0) is 19.4. The summed E-state index contributed by atoms with van der Waals surface area (Å²) >= 11 is 0. The fourth-order valence-electron chi connectivity index (χ4n) is 2.81. The van der Waals surface area contributed by atoms with Gasteiger partial charge in [-0.3, -0.25) is 14.8 Å². The van der Waals surface area contributed by atoms with Crippen molar-refractivity contribution in [3.8, 4) is 5.75 Å². The number of rotatable bonds is 5. The number of hydroxylamine groups is 2. The van der Waals surface area contributed by atoms with Crippen LogP contribution in [0.3, 0.4) is 0 Å². The van der Waals surface area contributed by atoms with E-state index in [9.17, 15) is 19.6 Å². The van der Waals surface area contributed by atoms with Crippen molar-refractivity contribution >= 4 is 23.9 Å². The smallest absolute Gasteiger partial charge is 0.348 e. The van der Waals surface area contributed by atoms with Crippen LogP contribution in [0.5, 0.6) is 5.75 Å². The minimum Gasteiger partial charge on any atom is -0.424 e. The molecule has 1 atom stereocenters. The Morgan fingerprint density at radius 3 is 2.56 bits per heavy atom. The Balaban J connectivity index is 2.10. The lowest BCUT2D eigenvalue weighted by Crippen LogP contribution is -2.64. The van der Waals surface area contributed by atoms with Crippen LogP contribution in [0.4, 0.5) is 0 Å². The summed E-state index contributed by atoms with van der Waals surface area (Å²) in [6.07, 6.45) is 0.691. The van der Waals surface area contributed by atoms with Crippen molar-refractivity contribution in [2.24, 2.45) is 5.16 Å². The number of hydrogen-bond donors (Lipinski definition) is 1. The van der Waals surface area contributed by atoms with E-state index in [0.29, 0.717) is 0 Å². The topological polar surface area (TPSA) is 106 Å². The Morgan fingerprint density at radius 2 is 1.85 bits per heavy atom. The van der Waals surface area contributed by atoms with Gasteiger partial charge in [0.25, 0.3) is 5.91 Å². The second-order valence-corrected chi connectivity index (χ2v) is 5.73. The lowest BCUT2D eigenvalue weighted by Gasteiger charge is -2.38. The quantitative estimate of drug-likeness (QED) is 0.216. The number of hydrogen-bond acceptors (Lipinski definition) is 7. The number of ketones is 1. The summed E-state index contributed by atoms with van der Waals surface area (Å²) in [6, 6.07) is 13.9. The summed E-state index contributed by atoms with van der Waals surface area (Å²) in [6.45, 7) is 0. The van der Waals surface area contributed by atoms with Crippen LogP contribution in [-0.4, -0.2) is 46.8 Å². The van der Waals surface area contributed by atoms with Crippen molar-refractivity contribution in [3.63, 3.8) is 0 Å². The van der Waals surface area contributed by atoms with Gasteiger partial charge in [-0.05, 0) is 24.3 Å². The van der Waals surface area contributed by atoms with Gasteiger partial charge >= 0.3 is 5.97 Å². The maximum absolute atomic E-state index is 13.2. The number of carbonyl (C=O) groups excluding carboxylic acids is 3. The molecule has 138 valence electrons. The van der Waals surface area contributed by atoms with Gasteiger partial charge in [0.1, 0.15) is 12.9 Å². The van der Waals surface area contributed by atoms with E-state index in [1.54, 1.807) is 30.3 Å². The average Bonchev–Trinajstić information content (AvgIpc) is 2.70. The van der Waals surface area contributed by atoms with Crippen molar-refractivity contribution < 1.29 is 29.2 Å². The van der Waals surface area contributed by atoms with Crippen molar-refractivity contribution in [1.29, 1.82) is 0 Å². The average molecular weight is 368 g/mol. The third-order valence-corrected chi connectivity index (χ3v) is 4.19. The van der Waals surface area contributed by atoms with Gasteiger partial charge < -0.3 is 9.57 Å². The fourth-order valence-corrected chi connectivity index (χ4v) is 2.81. The predicted molar refractivity (Wildman–Crippen MR) is 93.7 cm³/mol. The first-order chi connectivity index (χ1) is 13.0. The summed E-state index contributed by atoms with van der Waals surface area (Å²) in [5.74, 6) is -2.72. The van der Waals surface area contributed by atoms with Gasteiger partial charge in [-0.15, -0.1) is 0 Å². The molecule has 1 N–H and O–H groups in total. The number of oxime groups is 1. The maximum Gasteiger partial charge on any atom is 0.348 e. The van der Waals surface area contributed by atoms with Crippen molar-refractivity contribution in [3.05, 3.63) is 65.7 Å². The van der Waals surface area contributed by atoms with Crippen molar-refractivity contribution in [2.45, 2.75) is 12.0 Å². The highest BCUT2D eigenvalue weighted by molar-refractivity contribution is 6.23. The van der Waals surface area contributed by atoms with Gasteiger partial charge in [-0.25, -0.2) is 4.79 Å². The molecule has 2 aromatic carbocycles. The Morgan fingerprint density at radius 1 is 1.19 bits per heavy atom. The number of Topliss-reactive ketones (excluding diaryl/α,β-unsaturated/α-hetero) is 1. The van der Waals surface area contributed by atoms with Gasteiger partial charge in [0, 0.05) is 18.2 Å². The van der Waals surface area contributed by atoms with Crippen molar-refractivity contribution in [2.75, 3.05) is 7.11 Å². The molecule has 8 nitrogen and oxygen atoms in total. The lowest BCUT2D eigenvalue weighted by atomic mass is 9.83. The Labute approximate surface area is 154 Å². The Bertz CT molecular complexity index is 911. The van der Waals surface area contributed by atoms with Crippen molar-refractivity contribution in [1.82, 2.24) is 5.06 Å². The molecule has 0 spiro atoms. The fraction of sp³-hybridized carbons (Fsp3) is 0.158. The van der Waals surface area contributed by atoms with E-state index < -0.39 is 29.6 Å². The number of esters is 1. The molecule has 1 heterocycles. The van der Waals surface area contributed by atoms with Gasteiger partial charge in [-0.1, -0.05) is 35.5 Å². The molecule has 0 aromatic heterocycles. The molecule has 1 aliphatic heterocycles. The molecule has 0 radical (unpaired) electrons. The largest absolute Gasteiger partial charge is 0.424 e. The monoisotopic (exact) mass is 368 g/mol. The summed E-state index contributed by atoms with van der Waals surface area (Å²) < 4.78 is 5.24. The van der Waals surface area contributed by atoms with Crippen LogP contribution in [0, 0.1) is 0 Å². The highest BCUT2D eigenvalue weighted by Crippen LogP contribution is 2.35. The number of nitrogens with zero attached hydrogens (tertiary/aromatic N) is 2. The molecule has 0 saturated heterocycles. The highest BCUT2D eigenvalue weighted by atomic mass is 16.6. The molecule has 0 aliphatic carbocycles. The molecule has 0 saturated carbocycles. The second kappa shape index (κ2) is 7.38. The van der Waals surface area contributed by atoms with E-state index in [1.807, 2.05) is 0 Å². The molecular weight excluding hydrogens is 352 g/mol. The zero-order valence-electron chi connectivity index (χ0n) is 14.4. The second-order valence-electron chi connectivity index (χ2n) is 5.73. The Hall–Kier alpha value is -3.52. The SMILES string of the molecule is CON=CCC1(N(O)C(=O)c2ccccc2)C(=O)Oc2ccccc2C1=O. The maximum atomic E-state index is 13.2. The molecule has 1 unspecified atom stereocenters. The van der Waals surface area contributed by atoms with Gasteiger partial charge in [0.05, 0.1) is 5.56 Å². The summed E-state index contributed by atoms with van der Waals surface area (Å²) in [5, 5.41) is 14.3. The molecule has 3 rings (SSSR count). The highest BCUT2D eigenvalue weighted by Gasteiger charge is 2.57. The number of carbonyl (C=O) groups is 3. The number of ether oxygens (including phenoxy) is 1. The minimum atomic E-state index is -2.32. The molecule has 2 aromatic rings. The third kappa shape index (κ3) is 3.06. The van der Waals surface area contributed by atoms with Crippen LogP contribution >= 0.6 is 0 Å². The van der Waals surface area contributed by atoms with Crippen LogP contribution in [0.25, 0.3) is 0 Å².